The van der Waals surface area contributed by atoms with Crippen molar-refractivity contribution in [2.45, 2.75) is 38.3 Å². The van der Waals surface area contributed by atoms with E-state index in [0.717, 1.165) is 24.8 Å². The first kappa shape index (κ1) is 20.2. The van der Waals surface area contributed by atoms with Crippen molar-refractivity contribution in [3.8, 4) is 5.75 Å². The fourth-order valence-electron chi connectivity index (χ4n) is 3.23. The molecule has 1 aliphatic carbocycles. The van der Waals surface area contributed by atoms with Crippen LogP contribution in [0.1, 0.15) is 31.2 Å². The van der Waals surface area contributed by atoms with E-state index >= 15 is 0 Å². The van der Waals surface area contributed by atoms with E-state index in [1.54, 1.807) is 18.2 Å². The van der Waals surface area contributed by atoms with Crippen LogP contribution in [0.25, 0.3) is 0 Å². The first-order valence-electron chi connectivity index (χ1n) is 8.63. The number of hydrogen-bond acceptors (Lipinski definition) is 3. The summed E-state index contributed by atoms with van der Waals surface area (Å²) in [5.74, 6) is 0.587. The Labute approximate surface area is 159 Å². The van der Waals surface area contributed by atoms with Gasteiger partial charge in [0, 0.05) is 24.2 Å². The van der Waals surface area contributed by atoms with Gasteiger partial charge in [0.1, 0.15) is 18.2 Å². The van der Waals surface area contributed by atoms with Crippen LogP contribution in [0.3, 0.4) is 0 Å². The Kier molecular flexibility index (Phi) is 7.42. The van der Waals surface area contributed by atoms with Crippen molar-refractivity contribution in [3.05, 3.63) is 59.9 Å². The molecule has 2 aromatic rings. The average Bonchev–Trinajstić information content (AvgIpc) is 2.98. The highest BCUT2D eigenvalue weighted by Crippen LogP contribution is 2.27. The van der Waals surface area contributed by atoms with Gasteiger partial charge in [-0.05, 0) is 48.6 Å². The molecule has 1 aliphatic rings. The average molecular weight is 379 g/mol. The largest absolute Gasteiger partial charge is 0.489 e. The summed E-state index contributed by atoms with van der Waals surface area (Å²) in [7, 11) is 0. The topological polar surface area (TPSA) is 64.4 Å². The Morgan fingerprint density at radius 1 is 1.19 bits per heavy atom. The molecule has 0 heterocycles. The van der Waals surface area contributed by atoms with Crippen LogP contribution >= 0.6 is 12.4 Å². The number of carbonyl (C=O) groups is 1. The first-order chi connectivity index (χ1) is 12.1. The molecule has 0 bridgehead atoms. The van der Waals surface area contributed by atoms with Gasteiger partial charge in [-0.15, -0.1) is 12.4 Å². The second-order valence-electron chi connectivity index (χ2n) is 6.55. The quantitative estimate of drug-likeness (QED) is 0.788. The second kappa shape index (κ2) is 9.55. The number of anilines is 1. The summed E-state index contributed by atoms with van der Waals surface area (Å²) >= 11 is 0. The Balaban J connectivity index is 0.00000243. The van der Waals surface area contributed by atoms with E-state index in [1.807, 2.05) is 18.2 Å². The Morgan fingerprint density at radius 3 is 2.73 bits per heavy atom. The molecule has 6 heteroatoms. The zero-order valence-corrected chi connectivity index (χ0v) is 15.3. The van der Waals surface area contributed by atoms with Gasteiger partial charge in [0.2, 0.25) is 5.91 Å². The van der Waals surface area contributed by atoms with Crippen molar-refractivity contribution in [2.75, 3.05) is 5.32 Å². The van der Waals surface area contributed by atoms with Gasteiger partial charge in [-0.3, -0.25) is 4.79 Å². The molecule has 0 saturated heterocycles. The minimum absolute atomic E-state index is 0. The molecule has 2 aromatic carbocycles. The maximum absolute atomic E-state index is 13.2. The molecule has 3 rings (SSSR count). The highest BCUT2D eigenvalue weighted by atomic mass is 35.5. The highest BCUT2D eigenvalue weighted by Gasteiger charge is 2.26. The molecule has 3 N–H and O–H groups in total. The zero-order valence-electron chi connectivity index (χ0n) is 14.5. The van der Waals surface area contributed by atoms with Gasteiger partial charge in [-0.25, -0.2) is 4.39 Å². The van der Waals surface area contributed by atoms with Crippen molar-refractivity contribution >= 4 is 24.0 Å². The fourth-order valence-corrected chi connectivity index (χ4v) is 3.23. The van der Waals surface area contributed by atoms with E-state index in [0.29, 0.717) is 17.9 Å². The maximum Gasteiger partial charge on any atom is 0.224 e. The van der Waals surface area contributed by atoms with Gasteiger partial charge in [0.25, 0.3) is 0 Å². The summed E-state index contributed by atoms with van der Waals surface area (Å²) in [4.78, 5) is 12.2. The second-order valence-corrected chi connectivity index (χ2v) is 6.55. The first-order valence-corrected chi connectivity index (χ1v) is 8.63. The lowest BCUT2D eigenvalue weighted by molar-refractivity contribution is -0.117. The summed E-state index contributed by atoms with van der Waals surface area (Å²) in [5.41, 5.74) is 7.47. The molecule has 1 amide bonds. The summed E-state index contributed by atoms with van der Waals surface area (Å²) in [6.45, 7) is 0.270. The normalized spacial score (nSPS) is 18.8. The van der Waals surface area contributed by atoms with E-state index in [9.17, 15) is 9.18 Å². The lowest BCUT2D eigenvalue weighted by atomic mass is 10.00. The number of amides is 1. The SMILES string of the molecule is Cl.N[C@@H]1CCC[C@H]1CC(=O)Nc1cccc(OCc2cccc(F)c2)c1. The molecular weight excluding hydrogens is 355 g/mol. The molecule has 140 valence electrons. The smallest absolute Gasteiger partial charge is 0.224 e. The van der Waals surface area contributed by atoms with Gasteiger partial charge in [-0.1, -0.05) is 24.6 Å². The van der Waals surface area contributed by atoms with Crippen LogP contribution in [-0.2, 0) is 11.4 Å². The standard InChI is InChI=1S/C20H23FN2O2.ClH/c21-16-6-1-4-14(10-16)13-25-18-8-3-7-17(12-18)23-20(24)11-15-5-2-9-19(15)22;/h1,3-4,6-8,10,12,15,19H,2,5,9,11,13,22H2,(H,23,24);1H/t15-,19+;/m0./s1. The molecule has 1 saturated carbocycles. The molecule has 0 aromatic heterocycles. The Morgan fingerprint density at radius 2 is 2.00 bits per heavy atom. The van der Waals surface area contributed by atoms with E-state index in [1.165, 1.54) is 12.1 Å². The number of benzene rings is 2. The molecule has 0 spiro atoms. The number of halogens is 2. The lowest BCUT2D eigenvalue weighted by Crippen LogP contribution is -2.28. The van der Waals surface area contributed by atoms with Crippen molar-refractivity contribution in [3.63, 3.8) is 0 Å². The van der Waals surface area contributed by atoms with Gasteiger partial charge >= 0.3 is 0 Å². The molecule has 1 fully saturated rings. The molecule has 4 nitrogen and oxygen atoms in total. The van der Waals surface area contributed by atoms with E-state index in [-0.39, 0.29) is 42.7 Å². The van der Waals surface area contributed by atoms with Crippen LogP contribution in [0.4, 0.5) is 10.1 Å². The van der Waals surface area contributed by atoms with Crippen LogP contribution in [0.5, 0.6) is 5.75 Å². The number of rotatable bonds is 6. The number of hydrogen-bond donors (Lipinski definition) is 2. The predicted molar refractivity (Wildman–Crippen MR) is 103 cm³/mol. The van der Waals surface area contributed by atoms with Gasteiger partial charge in [0.15, 0.2) is 0 Å². The highest BCUT2D eigenvalue weighted by molar-refractivity contribution is 5.91. The number of carbonyl (C=O) groups excluding carboxylic acids is 1. The number of nitrogens with one attached hydrogen (secondary N) is 1. The Bertz CT molecular complexity index is 741. The minimum atomic E-state index is -0.285. The zero-order chi connectivity index (χ0) is 17.6. The van der Waals surface area contributed by atoms with Crippen molar-refractivity contribution in [2.24, 2.45) is 11.7 Å². The van der Waals surface area contributed by atoms with Crippen molar-refractivity contribution in [1.82, 2.24) is 0 Å². The van der Waals surface area contributed by atoms with Crippen LogP contribution in [-0.4, -0.2) is 11.9 Å². The van der Waals surface area contributed by atoms with Crippen LogP contribution in [0.2, 0.25) is 0 Å². The lowest BCUT2D eigenvalue weighted by Gasteiger charge is -2.15. The molecule has 0 unspecified atom stereocenters. The third kappa shape index (κ3) is 5.71. The summed E-state index contributed by atoms with van der Waals surface area (Å²) in [6, 6.07) is 13.6. The predicted octanol–water partition coefficient (Wildman–Crippen LogP) is 4.28. The Hall–Kier alpha value is -2.11. The van der Waals surface area contributed by atoms with Gasteiger partial charge in [-0.2, -0.15) is 0 Å². The minimum Gasteiger partial charge on any atom is -0.489 e. The van der Waals surface area contributed by atoms with E-state index in [2.05, 4.69) is 5.32 Å². The monoisotopic (exact) mass is 378 g/mol. The van der Waals surface area contributed by atoms with Crippen molar-refractivity contribution < 1.29 is 13.9 Å². The van der Waals surface area contributed by atoms with Crippen LogP contribution in [0.15, 0.2) is 48.5 Å². The number of ether oxygens (including phenoxy) is 1. The molecule has 26 heavy (non-hydrogen) atoms. The summed E-state index contributed by atoms with van der Waals surface area (Å²) < 4.78 is 18.9. The molecule has 0 radical (unpaired) electrons. The molecular formula is C20H24ClFN2O2. The number of nitrogens with two attached hydrogens (primary N) is 1. The third-order valence-electron chi connectivity index (χ3n) is 4.58. The molecule has 0 aliphatic heterocycles. The maximum atomic E-state index is 13.2. The summed E-state index contributed by atoms with van der Waals surface area (Å²) in [6.07, 6.45) is 3.57. The summed E-state index contributed by atoms with van der Waals surface area (Å²) in [5, 5.41) is 2.90. The van der Waals surface area contributed by atoms with Crippen LogP contribution < -0.4 is 15.8 Å². The molecule has 2 atom stereocenters. The fraction of sp³-hybridized carbons (Fsp3) is 0.350. The van der Waals surface area contributed by atoms with E-state index in [4.69, 9.17) is 10.5 Å². The van der Waals surface area contributed by atoms with Crippen LogP contribution in [0, 0.1) is 11.7 Å². The third-order valence-corrected chi connectivity index (χ3v) is 4.58. The van der Waals surface area contributed by atoms with E-state index < -0.39 is 0 Å². The van der Waals surface area contributed by atoms with Gasteiger partial charge < -0.3 is 15.8 Å². The van der Waals surface area contributed by atoms with Crippen molar-refractivity contribution in [1.29, 1.82) is 0 Å². The van der Waals surface area contributed by atoms with Gasteiger partial charge in [0.05, 0.1) is 0 Å².